The van der Waals surface area contributed by atoms with E-state index in [0.29, 0.717) is 29.8 Å². The van der Waals surface area contributed by atoms with Crippen molar-refractivity contribution in [3.05, 3.63) is 53.9 Å². The molecule has 1 aromatic carbocycles. The van der Waals surface area contributed by atoms with Crippen LogP contribution < -0.4 is 15.0 Å². The van der Waals surface area contributed by atoms with Crippen LogP contribution >= 0.6 is 0 Å². The second-order valence-corrected chi connectivity index (χ2v) is 7.16. The summed E-state index contributed by atoms with van der Waals surface area (Å²) >= 11 is 0. The van der Waals surface area contributed by atoms with Gasteiger partial charge >= 0.3 is 0 Å². The van der Waals surface area contributed by atoms with E-state index in [0.717, 1.165) is 11.6 Å². The number of aromatic nitrogens is 5. The van der Waals surface area contributed by atoms with Gasteiger partial charge in [-0.15, -0.1) is 0 Å². The van der Waals surface area contributed by atoms with Gasteiger partial charge in [-0.25, -0.2) is 18.8 Å². The first-order chi connectivity index (χ1) is 16.0. The Kier molecular flexibility index (Phi) is 6.31. The number of pyridine rings is 1. The van der Waals surface area contributed by atoms with Crippen LogP contribution in [-0.4, -0.2) is 50.2 Å². The number of halogens is 2. The summed E-state index contributed by atoms with van der Waals surface area (Å²) in [6, 6.07) is 4.37. The molecule has 0 amide bonds. The summed E-state index contributed by atoms with van der Waals surface area (Å²) in [6.07, 6.45) is 5.46. The van der Waals surface area contributed by atoms with E-state index in [-0.39, 0.29) is 23.6 Å². The smallest absolute Gasteiger partial charge is 0.193 e. The fourth-order valence-electron chi connectivity index (χ4n) is 3.38. The third-order valence-corrected chi connectivity index (χ3v) is 5.02. The third kappa shape index (κ3) is 4.27. The number of methoxy groups -OCH3 is 2. The van der Waals surface area contributed by atoms with Crippen LogP contribution in [-0.2, 0) is 13.6 Å². The fraction of sp³-hybridized carbons (Fsp3) is 0.273. The Hall–Kier alpha value is -3.86. The highest BCUT2D eigenvalue weighted by atomic mass is 19.1. The molecule has 172 valence electrons. The maximum atomic E-state index is 14.9. The molecular weight excluding hydrogens is 434 g/mol. The Balaban J connectivity index is 1.98. The van der Waals surface area contributed by atoms with Crippen molar-refractivity contribution in [3.8, 4) is 22.8 Å². The van der Waals surface area contributed by atoms with Crippen LogP contribution in [0, 0.1) is 11.6 Å². The molecule has 0 atom stereocenters. The lowest BCUT2D eigenvalue weighted by atomic mass is 10.2. The van der Waals surface area contributed by atoms with Crippen LogP contribution in [0.4, 0.5) is 14.5 Å². The number of rotatable bonds is 7. The van der Waals surface area contributed by atoms with Crippen molar-refractivity contribution >= 4 is 16.9 Å². The molecule has 0 fully saturated rings. The second kappa shape index (κ2) is 9.33. The van der Waals surface area contributed by atoms with E-state index < -0.39 is 17.3 Å². The zero-order valence-corrected chi connectivity index (χ0v) is 18.3. The summed E-state index contributed by atoms with van der Waals surface area (Å²) in [4.78, 5) is 13.4. The van der Waals surface area contributed by atoms with Gasteiger partial charge in [0.1, 0.15) is 16.7 Å². The summed E-state index contributed by atoms with van der Waals surface area (Å²) < 4.78 is 43.1. The van der Waals surface area contributed by atoms with Crippen molar-refractivity contribution in [1.29, 1.82) is 0 Å². The van der Waals surface area contributed by atoms with Gasteiger partial charge in [-0.05, 0) is 18.6 Å². The predicted molar refractivity (Wildman–Crippen MR) is 116 cm³/mol. The van der Waals surface area contributed by atoms with E-state index in [1.165, 1.54) is 14.2 Å². The molecular formula is C22H22F2N6O3. The third-order valence-electron chi connectivity index (χ3n) is 5.02. The molecule has 33 heavy (non-hydrogen) atoms. The van der Waals surface area contributed by atoms with Gasteiger partial charge in [0.2, 0.25) is 0 Å². The molecule has 3 heterocycles. The maximum Gasteiger partial charge on any atom is 0.193 e. The normalized spacial score (nSPS) is 11.9. The summed E-state index contributed by atoms with van der Waals surface area (Å²) in [6.45, 7) is 0.205. The number of aliphatic hydroxyl groups excluding tert-OH is 1. The van der Waals surface area contributed by atoms with Gasteiger partial charge in [-0.2, -0.15) is 5.10 Å². The maximum absolute atomic E-state index is 14.9. The van der Waals surface area contributed by atoms with Crippen molar-refractivity contribution in [3.63, 3.8) is 0 Å². The highest BCUT2D eigenvalue weighted by Gasteiger charge is 2.20. The van der Waals surface area contributed by atoms with Crippen LogP contribution in [0.5, 0.6) is 11.5 Å². The van der Waals surface area contributed by atoms with E-state index in [4.69, 9.17) is 14.5 Å². The van der Waals surface area contributed by atoms with Gasteiger partial charge in [-0.3, -0.25) is 9.67 Å². The number of aliphatic hydroxyl groups is 1. The van der Waals surface area contributed by atoms with E-state index in [2.05, 4.69) is 15.1 Å². The van der Waals surface area contributed by atoms with Gasteiger partial charge < -0.3 is 19.1 Å². The number of hydrogen-bond donors (Lipinski definition) is 1. The highest BCUT2D eigenvalue weighted by molar-refractivity contribution is 5.73. The van der Waals surface area contributed by atoms with Crippen molar-refractivity contribution < 1.29 is 23.4 Å². The quantitative estimate of drug-likeness (QED) is 0.459. The highest BCUT2D eigenvalue weighted by Crippen LogP contribution is 2.36. The first-order valence-electron chi connectivity index (χ1n) is 10.1. The molecule has 11 heteroatoms. The minimum absolute atomic E-state index is 0.0890. The molecule has 0 spiro atoms. The van der Waals surface area contributed by atoms with Gasteiger partial charge in [-0.1, -0.05) is 0 Å². The first kappa shape index (κ1) is 22.3. The molecule has 0 saturated carbocycles. The first-order valence-corrected chi connectivity index (χ1v) is 10.1. The largest absolute Gasteiger partial charge is 0.493 e. The topological polar surface area (TPSA) is 99.6 Å². The van der Waals surface area contributed by atoms with Crippen LogP contribution in [0.1, 0.15) is 6.42 Å². The number of aryl methyl sites for hydroxylation is 2. The summed E-state index contributed by atoms with van der Waals surface area (Å²) in [5.41, 5.74) is 2.01. The molecule has 1 N–H and O–H groups in total. The Morgan fingerprint density at radius 3 is 2.42 bits per heavy atom. The van der Waals surface area contributed by atoms with Gasteiger partial charge in [0.05, 0.1) is 32.3 Å². The number of nitrogens with zero attached hydrogens (tertiary/aromatic N) is 6. The average Bonchev–Trinajstić information content (AvgIpc) is 3.26. The van der Waals surface area contributed by atoms with Crippen LogP contribution in [0.15, 0.2) is 41.8 Å². The van der Waals surface area contributed by atoms with Crippen molar-refractivity contribution in [2.45, 2.75) is 13.0 Å². The van der Waals surface area contributed by atoms with Crippen molar-refractivity contribution in [2.75, 3.05) is 20.8 Å². The second-order valence-electron chi connectivity index (χ2n) is 7.16. The molecule has 4 rings (SSSR count). The van der Waals surface area contributed by atoms with Crippen LogP contribution in [0.3, 0.4) is 0 Å². The molecule has 0 saturated heterocycles. The van der Waals surface area contributed by atoms with Gasteiger partial charge in [0.25, 0.3) is 0 Å². The van der Waals surface area contributed by atoms with E-state index in [1.54, 1.807) is 47.0 Å². The lowest BCUT2D eigenvalue weighted by molar-refractivity contribution is 0.279. The minimum Gasteiger partial charge on any atom is -0.493 e. The van der Waals surface area contributed by atoms with E-state index in [9.17, 15) is 13.9 Å². The van der Waals surface area contributed by atoms with Crippen molar-refractivity contribution in [2.24, 2.45) is 12.0 Å². The standard InChI is InChI=1S/C22H22F2N6O3/c1-29-12-13(10-26-29)15-11-25-14-5-6-18(30(7-4-8-31)22(14)27-15)28-21-19(23)16(32-2)9-17(33-3)20(21)24/h5-6,9-12,31H,4,7-8H2,1-3H3/b28-18+. The molecule has 0 radical (unpaired) electrons. The molecule has 9 nitrogen and oxygen atoms in total. The Bertz CT molecular complexity index is 1350. The van der Waals surface area contributed by atoms with Crippen LogP contribution in [0.2, 0.25) is 0 Å². The zero-order chi connectivity index (χ0) is 23.5. The molecule has 3 aromatic heterocycles. The van der Waals surface area contributed by atoms with E-state index in [1.807, 2.05) is 0 Å². The van der Waals surface area contributed by atoms with Gasteiger partial charge in [0, 0.05) is 38.0 Å². The fourth-order valence-corrected chi connectivity index (χ4v) is 3.38. The lowest BCUT2D eigenvalue weighted by Crippen LogP contribution is -2.23. The lowest BCUT2D eigenvalue weighted by Gasteiger charge is -2.13. The zero-order valence-electron chi connectivity index (χ0n) is 18.3. The minimum atomic E-state index is -0.959. The van der Waals surface area contributed by atoms with Gasteiger partial charge in [0.15, 0.2) is 28.8 Å². The average molecular weight is 456 g/mol. The SMILES string of the molecule is COc1cc(OC)c(F)c(/N=c2\ccc3ncc(-c4cnn(C)c4)nc3n2CCCO)c1F. The monoisotopic (exact) mass is 456 g/mol. The molecule has 4 aromatic rings. The van der Waals surface area contributed by atoms with Crippen LogP contribution in [0.25, 0.3) is 22.4 Å². The Morgan fingerprint density at radius 1 is 1.09 bits per heavy atom. The Labute approximate surface area is 187 Å². The predicted octanol–water partition coefficient (Wildman–Crippen LogP) is 2.74. The number of benzene rings is 1. The number of ether oxygens (including phenoxy) is 2. The summed E-state index contributed by atoms with van der Waals surface area (Å²) in [5, 5.41) is 13.6. The molecule has 0 aliphatic carbocycles. The number of fused-ring (bicyclic) bond motifs is 1. The summed E-state index contributed by atoms with van der Waals surface area (Å²) in [7, 11) is 4.33. The Morgan fingerprint density at radius 2 is 1.82 bits per heavy atom. The van der Waals surface area contributed by atoms with Crippen molar-refractivity contribution in [1.82, 2.24) is 24.3 Å². The van der Waals surface area contributed by atoms with E-state index >= 15 is 0 Å². The molecule has 0 bridgehead atoms. The molecule has 0 aliphatic rings. The number of hydrogen-bond acceptors (Lipinski definition) is 7. The summed E-state index contributed by atoms with van der Waals surface area (Å²) in [5.74, 6) is -2.32. The molecule has 0 aliphatic heterocycles. The molecule has 0 unspecified atom stereocenters.